The molecule has 5 heteroatoms. The van der Waals surface area contributed by atoms with Crippen molar-refractivity contribution in [1.29, 1.82) is 0 Å². The van der Waals surface area contributed by atoms with E-state index in [1.165, 1.54) is 0 Å². The fourth-order valence-corrected chi connectivity index (χ4v) is 2.22. The molecular weight excluding hydrogens is 224 g/mol. The Morgan fingerprint density at radius 3 is 1.62 bits per heavy atom. The van der Waals surface area contributed by atoms with Crippen molar-refractivity contribution in [3.8, 4) is 0 Å². The van der Waals surface area contributed by atoms with Gasteiger partial charge in [0, 0.05) is 5.92 Å². The summed E-state index contributed by atoms with van der Waals surface area (Å²) in [6.07, 6.45) is -10.8. The van der Waals surface area contributed by atoms with Gasteiger partial charge in [-0.3, -0.25) is 0 Å². The van der Waals surface area contributed by atoms with E-state index in [4.69, 9.17) is 5.11 Å². The maximum Gasteiger partial charge on any atom is 0.160 e. The second-order valence-electron chi connectivity index (χ2n) is 5.14. The highest BCUT2D eigenvalue weighted by atomic mass is 19.2. The van der Waals surface area contributed by atoms with Crippen molar-refractivity contribution >= 4 is 0 Å². The van der Waals surface area contributed by atoms with Crippen LogP contribution in [0, 0.1) is 11.3 Å². The summed E-state index contributed by atoms with van der Waals surface area (Å²) in [6.45, 7) is 4.87. The van der Waals surface area contributed by atoms with Gasteiger partial charge in [0.05, 0.1) is 0 Å². The number of halogens is 4. The minimum atomic E-state index is -2.35. The van der Waals surface area contributed by atoms with Gasteiger partial charge in [0.25, 0.3) is 0 Å². The summed E-state index contributed by atoms with van der Waals surface area (Å²) in [5.41, 5.74) is -0.840. The van der Waals surface area contributed by atoms with Gasteiger partial charge in [-0.2, -0.15) is 0 Å². The number of aliphatic hydroxyl groups excluding tert-OH is 1. The second-order valence-corrected chi connectivity index (χ2v) is 5.14. The Balaban J connectivity index is 2.99. The van der Waals surface area contributed by atoms with E-state index >= 15 is 0 Å². The first kappa shape index (κ1) is 13.7. The molecule has 0 aromatic carbocycles. The molecule has 0 aliphatic heterocycles. The van der Waals surface area contributed by atoms with E-state index in [1.54, 1.807) is 20.8 Å². The lowest BCUT2D eigenvalue weighted by molar-refractivity contribution is -0.145. The zero-order valence-electron chi connectivity index (χ0n) is 9.63. The highest BCUT2D eigenvalue weighted by molar-refractivity contribution is 5.03. The van der Waals surface area contributed by atoms with Crippen LogP contribution in [0.1, 0.15) is 27.2 Å². The minimum Gasteiger partial charge on any atom is -0.387 e. The lowest BCUT2D eigenvalue weighted by Gasteiger charge is -2.44. The van der Waals surface area contributed by atoms with Crippen molar-refractivity contribution in [2.75, 3.05) is 0 Å². The Morgan fingerprint density at radius 1 is 0.938 bits per heavy atom. The molecule has 1 nitrogen and oxygen atoms in total. The average molecular weight is 242 g/mol. The molecule has 0 radical (unpaired) electrons. The van der Waals surface area contributed by atoms with Gasteiger partial charge in [0.1, 0.15) is 18.4 Å². The zero-order valence-corrected chi connectivity index (χ0v) is 9.63. The molecule has 0 spiro atoms. The molecule has 0 amide bonds. The van der Waals surface area contributed by atoms with E-state index in [-0.39, 0.29) is 0 Å². The third-order valence-electron chi connectivity index (χ3n) is 3.76. The van der Waals surface area contributed by atoms with Gasteiger partial charge in [-0.25, -0.2) is 17.6 Å². The van der Waals surface area contributed by atoms with Crippen molar-refractivity contribution in [3.63, 3.8) is 0 Å². The molecule has 96 valence electrons. The molecular formula is C11H18F4O. The molecule has 0 aromatic rings. The summed E-state index contributed by atoms with van der Waals surface area (Å²) >= 11 is 0. The summed E-state index contributed by atoms with van der Waals surface area (Å²) in [7, 11) is 0. The van der Waals surface area contributed by atoms with E-state index in [2.05, 4.69) is 0 Å². The Hall–Kier alpha value is -0.320. The quantitative estimate of drug-likeness (QED) is 0.738. The summed E-state index contributed by atoms with van der Waals surface area (Å²) in [5.74, 6) is -1.36. The molecule has 0 aromatic heterocycles. The smallest absolute Gasteiger partial charge is 0.160 e. The Bertz CT molecular complexity index is 230. The third-order valence-corrected chi connectivity index (χ3v) is 3.76. The number of aliphatic hydroxyl groups is 1. The van der Waals surface area contributed by atoms with Crippen LogP contribution in [0.15, 0.2) is 0 Å². The van der Waals surface area contributed by atoms with Crippen LogP contribution in [0.25, 0.3) is 0 Å². The predicted molar refractivity (Wildman–Crippen MR) is 53.2 cm³/mol. The average Bonchev–Trinajstić information content (AvgIpc) is 2.23. The maximum absolute atomic E-state index is 13.7. The minimum absolute atomic E-state index is 0.411. The summed E-state index contributed by atoms with van der Waals surface area (Å²) in [6, 6.07) is 0. The van der Waals surface area contributed by atoms with Crippen molar-refractivity contribution in [1.82, 2.24) is 0 Å². The number of hydrogen-bond donors (Lipinski definition) is 1. The Labute approximate surface area is 92.8 Å². The molecule has 0 bridgehead atoms. The molecule has 1 rings (SSSR count). The molecule has 1 aliphatic carbocycles. The van der Waals surface area contributed by atoms with Crippen LogP contribution in [-0.2, 0) is 0 Å². The van der Waals surface area contributed by atoms with E-state index in [1.807, 2.05) is 0 Å². The summed E-state index contributed by atoms with van der Waals surface area (Å²) in [5, 5.41) is 9.01. The topological polar surface area (TPSA) is 20.2 Å². The number of rotatable bonds is 2. The third kappa shape index (κ3) is 2.06. The first-order valence-electron chi connectivity index (χ1n) is 5.48. The van der Waals surface area contributed by atoms with Crippen LogP contribution < -0.4 is 0 Å². The summed E-state index contributed by atoms with van der Waals surface area (Å²) in [4.78, 5) is 0. The van der Waals surface area contributed by atoms with Crippen LogP contribution in [0.3, 0.4) is 0 Å². The van der Waals surface area contributed by atoms with Gasteiger partial charge in [-0.05, 0) is 5.41 Å². The van der Waals surface area contributed by atoms with Crippen molar-refractivity contribution in [3.05, 3.63) is 0 Å². The fraction of sp³-hybridized carbons (Fsp3) is 1.00. The highest BCUT2D eigenvalue weighted by Gasteiger charge is 2.56. The van der Waals surface area contributed by atoms with Gasteiger partial charge in [-0.15, -0.1) is 0 Å². The molecule has 1 fully saturated rings. The first-order chi connectivity index (χ1) is 7.24. The molecule has 16 heavy (non-hydrogen) atoms. The standard InChI is InChI=1S/C11H18F4O/c1-4-11(2,3)5-6(12)8(14)10(16)9(15)7(5)13/h5-10,16H,4H2,1-3H3. The molecule has 1 aliphatic rings. The van der Waals surface area contributed by atoms with Crippen LogP contribution >= 0.6 is 0 Å². The van der Waals surface area contributed by atoms with Crippen LogP contribution in [-0.4, -0.2) is 35.9 Å². The number of hydrogen-bond acceptors (Lipinski definition) is 1. The van der Waals surface area contributed by atoms with Gasteiger partial charge in [-0.1, -0.05) is 27.2 Å². The largest absolute Gasteiger partial charge is 0.387 e. The van der Waals surface area contributed by atoms with Crippen molar-refractivity contribution in [2.45, 2.75) is 58.0 Å². The fourth-order valence-electron chi connectivity index (χ4n) is 2.22. The Kier molecular flexibility index (Phi) is 3.87. The zero-order chi connectivity index (χ0) is 12.7. The number of alkyl halides is 4. The maximum atomic E-state index is 13.7. The molecule has 0 heterocycles. The lowest BCUT2D eigenvalue weighted by Crippen LogP contribution is -2.58. The highest BCUT2D eigenvalue weighted by Crippen LogP contribution is 2.45. The molecule has 4 unspecified atom stereocenters. The van der Waals surface area contributed by atoms with Crippen LogP contribution in [0.2, 0.25) is 0 Å². The monoisotopic (exact) mass is 242 g/mol. The van der Waals surface area contributed by atoms with Crippen molar-refractivity contribution in [2.24, 2.45) is 11.3 Å². The molecule has 4 atom stereocenters. The second kappa shape index (κ2) is 4.51. The Morgan fingerprint density at radius 2 is 1.31 bits per heavy atom. The van der Waals surface area contributed by atoms with Crippen LogP contribution in [0.5, 0.6) is 0 Å². The first-order valence-corrected chi connectivity index (χ1v) is 5.48. The van der Waals surface area contributed by atoms with Gasteiger partial charge in [0.2, 0.25) is 0 Å². The summed E-state index contributed by atoms with van der Waals surface area (Å²) < 4.78 is 53.9. The van der Waals surface area contributed by atoms with Crippen LogP contribution in [0.4, 0.5) is 17.6 Å². The predicted octanol–water partition coefficient (Wildman–Crippen LogP) is 2.77. The van der Waals surface area contributed by atoms with Gasteiger partial charge < -0.3 is 5.11 Å². The van der Waals surface area contributed by atoms with E-state index in [9.17, 15) is 17.6 Å². The molecule has 1 N–H and O–H groups in total. The lowest BCUT2D eigenvalue weighted by atomic mass is 9.66. The van der Waals surface area contributed by atoms with E-state index in [0.29, 0.717) is 6.42 Å². The molecule has 1 saturated carbocycles. The van der Waals surface area contributed by atoms with Gasteiger partial charge in [0.15, 0.2) is 12.3 Å². The normalized spacial score (nSPS) is 45.8. The van der Waals surface area contributed by atoms with E-state index < -0.39 is 42.1 Å². The van der Waals surface area contributed by atoms with E-state index in [0.717, 1.165) is 0 Å². The van der Waals surface area contributed by atoms with Crippen molar-refractivity contribution < 1.29 is 22.7 Å². The molecule has 0 saturated heterocycles. The van der Waals surface area contributed by atoms with Gasteiger partial charge >= 0.3 is 0 Å². The SMILES string of the molecule is CCC(C)(C)C1C(F)C(F)C(O)C(F)C1F.